The van der Waals surface area contributed by atoms with Gasteiger partial charge in [0.1, 0.15) is 5.82 Å². The van der Waals surface area contributed by atoms with E-state index in [1.54, 1.807) is 12.1 Å². The Labute approximate surface area is 128 Å². The van der Waals surface area contributed by atoms with E-state index in [2.05, 4.69) is 24.2 Å². The number of benzene rings is 1. The molecular weight excluding hydrogens is 263 g/mol. The van der Waals surface area contributed by atoms with Crippen LogP contribution in [0.25, 0.3) is 0 Å². The van der Waals surface area contributed by atoms with Crippen LogP contribution in [-0.4, -0.2) is 31.6 Å². The third-order valence-corrected chi connectivity index (χ3v) is 4.98. The fraction of sp³-hybridized carbons (Fsp3) is 0.667. The lowest BCUT2D eigenvalue weighted by molar-refractivity contribution is 0.164. The molecule has 1 aliphatic carbocycles. The van der Waals surface area contributed by atoms with Gasteiger partial charge in [0.25, 0.3) is 0 Å². The lowest BCUT2D eigenvalue weighted by Gasteiger charge is -2.34. The lowest BCUT2D eigenvalue weighted by atomic mass is 9.86. The van der Waals surface area contributed by atoms with Crippen molar-refractivity contribution in [1.29, 1.82) is 0 Å². The molecule has 0 spiro atoms. The van der Waals surface area contributed by atoms with Crippen LogP contribution in [0.15, 0.2) is 24.3 Å². The molecule has 1 N–H and O–H groups in total. The molecule has 0 bridgehead atoms. The summed E-state index contributed by atoms with van der Waals surface area (Å²) < 4.78 is 13.4. The quantitative estimate of drug-likeness (QED) is 0.853. The topological polar surface area (TPSA) is 15.3 Å². The highest BCUT2D eigenvalue weighted by Crippen LogP contribution is 2.27. The van der Waals surface area contributed by atoms with Gasteiger partial charge in [-0.05, 0) is 76.4 Å². The molecule has 0 amide bonds. The van der Waals surface area contributed by atoms with E-state index in [0.717, 1.165) is 30.5 Å². The Bertz CT molecular complexity index is 427. The minimum absolute atomic E-state index is 0.151. The van der Waals surface area contributed by atoms with Gasteiger partial charge >= 0.3 is 0 Å². The highest BCUT2D eigenvalue weighted by atomic mass is 19.1. The van der Waals surface area contributed by atoms with Crippen molar-refractivity contribution < 1.29 is 4.39 Å². The zero-order valence-corrected chi connectivity index (χ0v) is 13.6. The molecule has 2 rings (SSSR count). The molecule has 0 radical (unpaired) electrons. The van der Waals surface area contributed by atoms with Crippen molar-refractivity contribution in [2.75, 3.05) is 20.6 Å². The average molecular weight is 292 g/mol. The van der Waals surface area contributed by atoms with Crippen molar-refractivity contribution in [3.05, 3.63) is 35.6 Å². The van der Waals surface area contributed by atoms with Gasteiger partial charge in [0.2, 0.25) is 0 Å². The zero-order valence-electron chi connectivity index (χ0n) is 13.6. The maximum absolute atomic E-state index is 13.4. The average Bonchev–Trinajstić information content (AvgIpc) is 2.48. The highest BCUT2D eigenvalue weighted by Gasteiger charge is 2.22. The van der Waals surface area contributed by atoms with Crippen LogP contribution < -0.4 is 5.32 Å². The smallest absolute Gasteiger partial charge is 0.123 e. The zero-order chi connectivity index (χ0) is 15.2. The van der Waals surface area contributed by atoms with Gasteiger partial charge in [0, 0.05) is 12.1 Å². The Hall–Kier alpha value is -0.930. The number of rotatable bonds is 6. The second kappa shape index (κ2) is 7.90. The molecule has 1 fully saturated rings. The van der Waals surface area contributed by atoms with E-state index < -0.39 is 0 Å². The molecule has 1 aromatic rings. The van der Waals surface area contributed by atoms with Crippen LogP contribution in [-0.2, 0) is 0 Å². The molecular formula is C18H29FN2. The first-order chi connectivity index (χ1) is 10.1. The summed E-state index contributed by atoms with van der Waals surface area (Å²) >= 11 is 0. The van der Waals surface area contributed by atoms with Crippen molar-refractivity contribution in [3.8, 4) is 0 Å². The number of hydrogen-bond acceptors (Lipinski definition) is 2. The molecule has 1 unspecified atom stereocenters. The van der Waals surface area contributed by atoms with Crippen LogP contribution in [0.2, 0.25) is 0 Å². The maximum atomic E-state index is 13.4. The fourth-order valence-corrected chi connectivity index (χ4v) is 3.40. The van der Waals surface area contributed by atoms with Gasteiger partial charge in [-0.15, -0.1) is 0 Å². The third kappa shape index (κ3) is 4.79. The minimum Gasteiger partial charge on any atom is -0.313 e. The molecule has 1 atom stereocenters. The monoisotopic (exact) mass is 292 g/mol. The van der Waals surface area contributed by atoms with Gasteiger partial charge in [0.05, 0.1) is 0 Å². The van der Waals surface area contributed by atoms with Crippen LogP contribution in [0.5, 0.6) is 0 Å². The molecule has 0 aromatic heterocycles. The predicted molar refractivity (Wildman–Crippen MR) is 86.9 cm³/mol. The molecule has 0 heterocycles. The van der Waals surface area contributed by atoms with E-state index in [0.29, 0.717) is 0 Å². The second-order valence-corrected chi connectivity index (χ2v) is 6.58. The molecule has 0 aliphatic heterocycles. The first-order valence-electron chi connectivity index (χ1n) is 8.23. The highest BCUT2D eigenvalue weighted by molar-refractivity contribution is 5.20. The van der Waals surface area contributed by atoms with E-state index >= 15 is 0 Å². The number of halogens is 1. The minimum atomic E-state index is -0.151. The molecule has 1 aliphatic rings. The molecule has 1 saturated carbocycles. The lowest BCUT2D eigenvalue weighted by Crippen LogP contribution is -2.36. The Kier molecular flexibility index (Phi) is 6.19. The van der Waals surface area contributed by atoms with Crippen LogP contribution in [0.3, 0.4) is 0 Å². The Morgan fingerprint density at radius 2 is 2.00 bits per heavy atom. The summed E-state index contributed by atoms with van der Waals surface area (Å²) in [5.74, 6) is 0.745. The van der Waals surface area contributed by atoms with Crippen molar-refractivity contribution in [3.63, 3.8) is 0 Å². The van der Waals surface area contributed by atoms with Crippen molar-refractivity contribution in [2.24, 2.45) is 5.92 Å². The van der Waals surface area contributed by atoms with Crippen molar-refractivity contribution >= 4 is 0 Å². The second-order valence-electron chi connectivity index (χ2n) is 6.58. The van der Waals surface area contributed by atoms with Gasteiger partial charge in [-0.25, -0.2) is 4.39 Å². The number of nitrogens with zero attached hydrogens (tertiary/aromatic N) is 1. The summed E-state index contributed by atoms with van der Waals surface area (Å²) in [6.45, 7) is 3.41. The molecule has 3 heteroatoms. The van der Waals surface area contributed by atoms with Crippen molar-refractivity contribution in [2.45, 2.75) is 51.1 Å². The Morgan fingerprint density at radius 1 is 1.29 bits per heavy atom. The largest absolute Gasteiger partial charge is 0.313 e. The third-order valence-electron chi connectivity index (χ3n) is 4.98. The van der Waals surface area contributed by atoms with Crippen LogP contribution in [0, 0.1) is 11.7 Å². The predicted octanol–water partition coefficient (Wildman–Crippen LogP) is 3.99. The van der Waals surface area contributed by atoms with Gasteiger partial charge in [-0.1, -0.05) is 19.1 Å². The van der Waals surface area contributed by atoms with Crippen LogP contribution in [0.1, 0.15) is 50.6 Å². The van der Waals surface area contributed by atoms with E-state index in [1.807, 2.05) is 13.1 Å². The van der Waals surface area contributed by atoms with Gasteiger partial charge in [-0.2, -0.15) is 0 Å². The van der Waals surface area contributed by atoms with Gasteiger partial charge in [0.15, 0.2) is 0 Å². The summed E-state index contributed by atoms with van der Waals surface area (Å²) in [4.78, 5) is 2.50. The molecule has 1 aromatic carbocycles. The number of hydrogen-bond donors (Lipinski definition) is 1. The summed E-state index contributed by atoms with van der Waals surface area (Å²) in [5, 5.41) is 3.32. The maximum Gasteiger partial charge on any atom is 0.123 e. The van der Waals surface area contributed by atoms with Crippen molar-refractivity contribution in [1.82, 2.24) is 10.2 Å². The first kappa shape index (κ1) is 16.4. The summed E-state index contributed by atoms with van der Waals surface area (Å²) in [6, 6.07) is 7.90. The Morgan fingerprint density at radius 3 is 2.62 bits per heavy atom. The first-order valence-corrected chi connectivity index (χ1v) is 8.23. The summed E-state index contributed by atoms with van der Waals surface area (Å²) in [6.07, 6.45) is 6.37. The van der Waals surface area contributed by atoms with E-state index in [-0.39, 0.29) is 11.9 Å². The van der Waals surface area contributed by atoms with E-state index in [9.17, 15) is 4.39 Å². The molecule has 118 valence electrons. The summed E-state index contributed by atoms with van der Waals surface area (Å²) in [5.41, 5.74) is 1.04. The van der Waals surface area contributed by atoms with E-state index in [1.165, 1.54) is 31.7 Å². The number of nitrogens with one attached hydrogen (secondary N) is 1. The van der Waals surface area contributed by atoms with Crippen LogP contribution in [0.4, 0.5) is 4.39 Å². The summed E-state index contributed by atoms with van der Waals surface area (Å²) in [7, 11) is 4.19. The van der Waals surface area contributed by atoms with Gasteiger partial charge < -0.3 is 10.2 Å². The standard InChI is InChI=1S/C18H29FN2/c1-14-7-9-17(10-8-14)21(3)12-11-18(20-2)15-5-4-6-16(19)13-15/h4-6,13-14,17-18,20H,7-12H2,1-3H3. The Balaban J connectivity index is 1.85. The molecule has 21 heavy (non-hydrogen) atoms. The van der Waals surface area contributed by atoms with Crippen LogP contribution >= 0.6 is 0 Å². The SMILES string of the molecule is CNC(CCN(C)C1CCC(C)CC1)c1cccc(F)c1. The normalized spacial score (nSPS) is 24.2. The van der Waals surface area contributed by atoms with E-state index in [4.69, 9.17) is 0 Å². The fourth-order valence-electron chi connectivity index (χ4n) is 3.40. The molecule has 0 saturated heterocycles. The molecule has 2 nitrogen and oxygen atoms in total. The van der Waals surface area contributed by atoms with Gasteiger partial charge in [-0.3, -0.25) is 0 Å².